The fraction of sp³-hybridized carbons (Fsp3) is 0.353. The van der Waals surface area contributed by atoms with Gasteiger partial charge in [-0.1, -0.05) is 0 Å². The molecular weight excluding hydrogens is 345 g/mol. The topological polar surface area (TPSA) is 117 Å². The van der Waals surface area contributed by atoms with Crippen molar-refractivity contribution in [2.75, 3.05) is 19.5 Å². The van der Waals surface area contributed by atoms with Crippen LogP contribution in [0, 0.1) is 5.82 Å². The van der Waals surface area contributed by atoms with Gasteiger partial charge in [0.25, 0.3) is 0 Å². The summed E-state index contributed by atoms with van der Waals surface area (Å²) in [5.41, 5.74) is 2.85. The molecule has 1 fully saturated rings. The molecule has 1 aromatic heterocycles. The molecule has 0 radical (unpaired) electrons. The molecule has 1 aliphatic heterocycles. The number of rotatable bonds is 5. The van der Waals surface area contributed by atoms with Crippen LogP contribution in [0.4, 0.5) is 10.2 Å². The molecule has 3 rings (SSSR count). The Morgan fingerprint density at radius 3 is 2.77 bits per heavy atom. The van der Waals surface area contributed by atoms with Gasteiger partial charge >= 0.3 is 5.69 Å². The number of hydrogen-bond acceptors (Lipinski definition) is 7. The molecule has 26 heavy (non-hydrogen) atoms. The van der Waals surface area contributed by atoms with E-state index in [1.54, 1.807) is 12.1 Å². The monoisotopic (exact) mass is 363 g/mol. The number of aliphatic hydroxyl groups excluding tert-OH is 1. The Labute approximate surface area is 148 Å². The highest BCUT2D eigenvalue weighted by molar-refractivity contribution is 6.01. The lowest BCUT2D eigenvalue weighted by atomic mass is 9.97. The molecule has 1 aliphatic rings. The fourth-order valence-corrected chi connectivity index (χ4v) is 3.00. The Hall–Kier alpha value is -2.78. The Kier molecular flexibility index (Phi) is 4.75. The Bertz CT molecular complexity index is 883. The number of methoxy groups -OCH3 is 1. The number of ether oxygens (including phenoxy) is 2. The number of anilines is 1. The van der Waals surface area contributed by atoms with Crippen LogP contribution in [0.1, 0.15) is 23.2 Å². The minimum absolute atomic E-state index is 0.0774. The SMILES string of the molecule is COc1ccc(C(=O)[C@]2(n3cc(F)c(N)nc3=O)CC[C@@H](CO)O2)cc1. The molecule has 3 N–H and O–H groups in total. The maximum absolute atomic E-state index is 13.9. The molecule has 0 unspecified atom stereocenters. The van der Waals surface area contributed by atoms with Crippen LogP contribution in [0.25, 0.3) is 0 Å². The molecule has 0 bridgehead atoms. The molecule has 2 aromatic rings. The lowest BCUT2D eigenvalue weighted by Gasteiger charge is -2.30. The molecule has 0 aliphatic carbocycles. The van der Waals surface area contributed by atoms with E-state index >= 15 is 0 Å². The van der Waals surface area contributed by atoms with Gasteiger partial charge in [-0.15, -0.1) is 0 Å². The third-order valence-electron chi connectivity index (χ3n) is 4.38. The van der Waals surface area contributed by atoms with E-state index in [0.717, 1.165) is 10.8 Å². The summed E-state index contributed by atoms with van der Waals surface area (Å²) in [7, 11) is 1.49. The predicted octanol–water partition coefficient (Wildman–Crippen LogP) is 0.680. The molecule has 8 nitrogen and oxygen atoms in total. The maximum atomic E-state index is 13.9. The normalized spacial score (nSPS) is 22.3. The standard InChI is InChI=1S/C17H18FN3O5/c1-25-11-4-2-10(3-5-11)14(23)17(7-6-12(9-22)26-17)21-8-13(18)15(19)20-16(21)24/h2-5,8,12,22H,6-7,9H2,1H3,(H2,19,20,24)/t12-,17-/m0/s1. The highest BCUT2D eigenvalue weighted by Crippen LogP contribution is 2.37. The minimum atomic E-state index is -1.80. The summed E-state index contributed by atoms with van der Waals surface area (Å²) in [5.74, 6) is -1.50. The number of carbonyl (C=O) groups excluding carboxylic acids is 1. The summed E-state index contributed by atoms with van der Waals surface area (Å²) in [6.45, 7) is -0.336. The Morgan fingerprint density at radius 1 is 1.50 bits per heavy atom. The number of benzene rings is 1. The zero-order valence-electron chi connectivity index (χ0n) is 14.0. The average molecular weight is 363 g/mol. The van der Waals surface area contributed by atoms with Gasteiger partial charge in [0, 0.05) is 12.0 Å². The van der Waals surface area contributed by atoms with Crippen molar-refractivity contribution < 1.29 is 23.8 Å². The second-order valence-electron chi connectivity index (χ2n) is 5.93. The van der Waals surface area contributed by atoms with Crippen LogP contribution in [0.3, 0.4) is 0 Å². The summed E-state index contributed by atoms with van der Waals surface area (Å²) < 4.78 is 25.5. The highest BCUT2D eigenvalue weighted by atomic mass is 19.1. The van der Waals surface area contributed by atoms with Gasteiger partial charge in [-0.2, -0.15) is 4.98 Å². The molecule has 2 atom stereocenters. The zero-order valence-corrected chi connectivity index (χ0v) is 14.0. The first-order valence-electron chi connectivity index (χ1n) is 7.94. The summed E-state index contributed by atoms with van der Waals surface area (Å²) in [4.78, 5) is 28.9. The third-order valence-corrected chi connectivity index (χ3v) is 4.38. The smallest absolute Gasteiger partial charge is 0.352 e. The molecule has 138 valence electrons. The first kappa shape index (κ1) is 18.0. The van der Waals surface area contributed by atoms with Crippen molar-refractivity contribution in [1.29, 1.82) is 0 Å². The number of ketones is 1. The van der Waals surface area contributed by atoms with E-state index in [0.29, 0.717) is 12.2 Å². The summed E-state index contributed by atoms with van der Waals surface area (Å²) in [6, 6.07) is 6.21. The van der Waals surface area contributed by atoms with E-state index < -0.39 is 34.9 Å². The third kappa shape index (κ3) is 2.95. The zero-order chi connectivity index (χ0) is 18.9. The number of nitrogens with zero attached hydrogens (tertiary/aromatic N) is 2. The van der Waals surface area contributed by atoms with Crippen molar-refractivity contribution in [2.45, 2.75) is 24.7 Å². The van der Waals surface area contributed by atoms with Crippen LogP contribution < -0.4 is 16.2 Å². The molecule has 1 aromatic carbocycles. The van der Waals surface area contributed by atoms with Gasteiger partial charge in [-0.25, -0.2) is 9.18 Å². The molecule has 0 spiro atoms. The largest absolute Gasteiger partial charge is 0.497 e. The second kappa shape index (κ2) is 6.85. The van der Waals surface area contributed by atoms with Crippen molar-refractivity contribution in [3.8, 4) is 5.75 Å². The van der Waals surface area contributed by atoms with Crippen molar-refractivity contribution in [2.24, 2.45) is 0 Å². The Balaban J connectivity index is 2.12. The number of nitrogens with two attached hydrogens (primary N) is 1. The van der Waals surface area contributed by atoms with Gasteiger partial charge in [0.2, 0.25) is 11.5 Å². The average Bonchev–Trinajstić information content (AvgIpc) is 3.09. The van der Waals surface area contributed by atoms with E-state index in [1.807, 2.05) is 0 Å². The van der Waals surface area contributed by atoms with Crippen LogP contribution in [0.2, 0.25) is 0 Å². The number of aromatic nitrogens is 2. The molecule has 9 heteroatoms. The van der Waals surface area contributed by atoms with Crippen LogP contribution in [0.15, 0.2) is 35.3 Å². The van der Waals surface area contributed by atoms with Gasteiger partial charge in [-0.05, 0) is 30.7 Å². The van der Waals surface area contributed by atoms with E-state index in [9.17, 15) is 19.1 Å². The summed E-state index contributed by atoms with van der Waals surface area (Å²) in [6.07, 6.45) is 0.543. The second-order valence-corrected chi connectivity index (χ2v) is 5.93. The molecule has 1 saturated heterocycles. The van der Waals surface area contributed by atoms with Gasteiger partial charge < -0.3 is 20.3 Å². The minimum Gasteiger partial charge on any atom is -0.497 e. The van der Waals surface area contributed by atoms with Crippen molar-refractivity contribution in [1.82, 2.24) is 9.55 Å². The number of hydrogen-bond donors (Lipinski definition) is 2. The van der Waals surface area contributed by atoms with Gasteiger partial charge in [0.1, 0.15) is 5.75 Å². The molecule has 0 saturated carbocycles. The lowest BCUT2D eigenvalue weighted by Crippen LogP contribution is -2.48. The number of aliphatic hydroxyl groups is 1. The van der Waals surface area contributed by atoms with E-state index in [1.165, 1.54) is 19.2 Å². The molecular formula is C17H18FN3O5. The maximum Gasteiger partial charge on any atom is 0.352 e. The number of nitrogen functional groups attached to an aromatic ring is 1. The quantitative estimate of drug-likeness (QED) is 0.750. The predicted molar refractivity (Wildman–Crippen MR) is 89.4 cm³/mol. The number of halogens is 1. The number of carbonyl (C=O) groups is 1. The van der Waals surface area contributed by atoms with Crippen molar-refractivity contribution in [3.63, 3.8) is 0 Å². The van der Waals surface area contributed by atoms with Gasteiger partial charge in [-0.3, -0.25) is 9.36 Å². The van der Waals surface area contributed by atoms with Crippen molar-refractivity contribution in [3.05, 3.63) is 52.3 Å². The summed E-state index contributed by atoms with van der Waals surface area (Å²) in [5, 5.41) is 9.38. The van der Waals surface area contributed by atoms with Gasteiger partial charge in [0.05, 0.1) is 26.0 Å². The van der Waals surface area contributed by atoms with Gasteiger partial charge in [0.15, 0.2) is 11.6 Å². The number of Topliss-reactive ketones (excluding diaryl/α,β-unsaturated/α-hetero) is 1. The van der Waals surface area contributed by atoms with E-state index in [2.05, 4.69) is 4.98 Å². The van der Waals surface area contributed by atoms with Crippen LogP contribution in [-0.4, -0.2) is 40.3 Å². The summed E-state index contributed by atoms with van der Waals surface area (Å²) >= 11 is 0. The van der Waals surface area contributed by atoms with E-state index in [-0.39, 0.29) is 18.6 Å². The van der Waals surface area contributed by atoms with Crippen LogP contribution in [0.5, 0.6) is 5.75 Å². The molecule has 2 heterocycles. The molecule has 0 amide bonds. The van der Waals surface area contributed by atoms with Crippen molar-refractivity contribution >= 4 is 11.6 Å². The van der Waals surface area contributed by atoms with Crippen LogP contribution in [-0.2, 0) is 10.5 Å². The lowest BCUT2D eigenvalue weighted by molar-refractivity contribution is -0.0857. The first-order valence-corrected chi connectivity index (χ1v) is 7.94. The van der Waals surface area contributed by atoms with E-state index in [4.69, 9.17) is 15.2 Å². The fourth-order valence-electron chi connectivity index (χ4n) is 3.00. The first-order chi connectivity index (χ1) is 12.4. The Morgan fingerprint density at radius 2 is 2.19 bits per heavy atom. The highest BCUT2D eigenvalue weighted by Gasteiger charge is 2.49. The van der Waals surface area contributed by atoms with Crippen LogP contribution >= 0.6 is 0 Å².